The summed E-state index contributed by atoms with van der Waals surface area (Å²) in [6.07, 6.45) is 0. The Balaban J connectivity index is 1.88. The van der Waals surface area contributed by atoms with Crippen LogP contribution in [0.25, 0.3) is 0 Å². The number of carbonyl (C=O) groups is 1. The van der Waals surface area contributed by atoms with Gasteiger partial charge in [0.2, 0.25) is 0 Å². The quantitative estimate of drug-likeness (QED) is 0.822. The molecule has 6 heteroatoms. The van der Waals surface area contributed by atoms with Crippen molar-refractivity contribution in [3.05, 3.63) is 70.2 Å². The van der Waals surface area contributed by atoms with Crippen LogP contribution in [0, 0.1) is 11.6 Å². The van der Waals surface area contributed by atoms with Gasteiger partial charge in [-0.05, 0) is 25.1 Å². The maximum Gasteiger partial charge on any atom is 0.275 e. The number of hydrogen-bond donors (Lipinski definition) is 2. The average Bonchev–Trinajstić information content (AvgIpc) is 2.49. The molecule has 3 nitrogen and oxygen atoms in total. The standard InChI is InChI=1S/C18H19ClF2N2O/c1-12(16-8-7-15(20)9-17(16)21)22-18(24)11-23(2)10-13-3-5-14(19)6-4-13/h3-9,12H,10-11H2,1-2H3,(H,22,24)/p+1/t12-/m1/s1. The number of nitrogens with one attached hydrogen (secondary N) is 2. The molecule has 1 unspecified atom stereocenters. The second kappa shape index (κ2) is 8.22. The van der Waals surface area contributed by atoms with Crippen LogP contribution in [0.1, 0.15) is 24.1 Å². The highest BCUT2D eigenvalue weighted by atomic mass is 35.5. The van der Waals surface area contributed by atoms with Crippen molar-refractivity contribution in [3.8, 4) is 0 Å². The first kappa shape index (κ1) is 18.4. The van der Waals surface area contributed by atoms with E-state index in [9.17, 15) is 13.6 Å². The molecular formula is C18H20ClF2N2O+. The number of carbonyl (C=O) groups excluding carboxylic acids is 1. The second-order valence-electron chi connectivity index (χ2n) is 5.89. The zero-order chi connectivity index (χ0) is 17.7. The van der Waals surface area contributed by atoms with Gasteiger partial charge < -0.3 is 10.2 Å². The molecule has 0 aliphatic carbocycles. The molecule has 0 heterocycles. The first-order valence-corrected chi connectivity index (χ1v) is 8.03. The number of benzene rings is 2. The summed E-state index contributed by atoms with van der Waals surface area (Å²) in [5, 5.41) is 3.41. The lowest BCUT2D eigenvalue weighted by Gasteiger charge is -2.18. The molecule has 24 heavy (non-hydrogen) atoms. The highest BCUT2D eigenvalue weighted by Gasteiger charge is 2.17. The van der Waals surface area contributed by atoms with Crippen molar-refractivity contribution in [3.63, 3.8) is 0 Å². The summed E-state index contributed by atoms with van der Waals surface area (Å²) in [5.41, 5.74) is 1.34. The molecule has 0 radical (unpaired) electrons. The van der Waals surface area contributed by atoms with E-state index in [1.165, 1.54) is 12.1 Å². The van der Waals surface area contributed by atoms with Gasteiger partial charge in [0.25, 0.3) is 5.91 Å². The maximum atomic E-state index is 13.7. The highest BCUT2D eigenvalue weighted by molar-refractivity contribution is 6.30. The summed E-state index contributed by atoms with van der Waals surface area (Å²) in [5.74, 6) is -1.50. The first-order valence-electron chi connectivity index (χ1n) is 7.65. The zero-order valence-corrected chi connectivity index (χ0v) is 14.3. The summed E-state index contributed by atoms with van der Waals surface area (Å²) in [7, 11) is 1.90. The highest BCUT2D eigenvalue weighted by Crippen LogP contribution is 2.17. The molecule has 2 rings (SSSR count). The van der Waals surface area contributed by atoms with Gasteiger partial charge in [-0.2, -0.15) is 0 Å². The number of likely N-dealkylation sites (N-methyl/N-ethyl adjacent to an activating group) is 1. The molecule has 0 aromatic heterocycles. The van der Waals surface area contributed by atoms with Gasteiger partial charge in [0.1, 0.15) is 18.2 Å². The van der Waals surface area contributed by atoms with Gasteiger partial charge in [-0.1, -0.05) is 29.8 Å². The minimum Gasteiger partial charge on any atom is -0.345 e. The van der Waals surface area contributed by atoms with E-state index in [1.807, 2.05) is 31.3 Å². The average molecular weight is 354 g/mol. The summed E-state index contributed by atoms with van der Waals surface area (Å²) in [4.78, 5) is 13.1. The Bertz CT molecular complexity index is 707. The molecule has 0 bridgehead atoms. The zero-order valence-electron chi connectivity index (χ0n) is 13.6. The molecule has 128 valence electrons. The lowest BCUT2D eigenvalue weighted by molar-refractivity contribution is -0.885. The van der Waals surface area contributed by atoms with E-state index in [-0.39, 0.29) is 18.0 Å². The largest absolute Gasteiger partial charge is 0.345 e. The molecule has 2 N–H and O–H groups in total. The van der Waals surface area contributed by atoms with Crippen molar-refractivity contribution < 1.29 is 18.5 Å². The molecule has 0 spiro atoms. The van der Waals surface area contributed by atoms with E-state index < -0.39 is 17.7 Å². The van der Waals surface area contributed by atoms with Gasteiger partial charge in [0.05, 0.1) is 13.1 Å². The van der Waals surface area contributed by atoms with Gasteiger partial charge >= 0.3 is 0 Å². The molecule has 1 amide bonds. The van der Waals surface area contributed by atoms with E-state index in [1.54, 1.807) is 6.92 Å². The van der Waals surface area contributed by atoms with Crippen LogP contribution in [0.2, 0.25) is 5.02 Å². The van der Waals surface area contributed by atoms with Crippen LogP contribution in [0.4, 0.5) is 8.78 Å². The van der Waals surface area contributed by atoms with Gasteiger partial charge in [-0.3, -0.25) is 4.79 Å². The predicted molar refractivity (Wildman–Crippen MR) is 89.8 cm³/mol. The summed E-state index contributed by atoms with van der Waals surface area (Å²) >= 11 is 5.85. The van der Waals surface area contributed by atoms with E-state index in [0.29, 0.717) is 11.6 Å². The minimum absolute atomic E-state index is 0.197. The summed E-state index contributed by atoms with van der Waals surface area (Å²) < 4.78 is 26.7. The molecule has 0 aliphatic heterocycles. The number of amides is 1. The molecule has 2 aromatic carbocycles. The van der Waals surface area contributed by atoms with Gasteiger partial charge in [-0.25, -0.2) is 8.78 Å². The van der Waals surface area contributed by atoms with Crippen molar-refractivity contribution in [1.82, 2.24) is 5.32 Å². The first-order chi connectivity index (χ1) is 11.3. The fraction of sp³-hybridized carbons (Fsp3) is 0.278. The van der Waals surface area contributed by atoms with Crippen LogP contribution in [-0.2, 0) is 11.3 Å². The van der Waals surface area contributed by atoms with E-state index in [0.717, 1.165) is 16.5 Å². The summed E-state index contributed by atoms with van der Waals surface area (Å²) in [6.45, 7) is 2.59. The molecule has 0 saturated carbocycles. The predicted octanol–water partition coefficient (Wildman–Crippen LogP) is 2.51. The van der Waals surface area contributed by atoms with Gasteiger partial charge in [-0.15, -0.1) is 0 Å². The molecule has 0 fully saturated rings. The molecule has 2 atom stereocenters. The fourth-order valence-corrected chi connectivity index (χ4v) is 2.64. The van der Waals surface area contributed by atoms with Crippen molar-refractivity contribution >= 4 is 17.5 Å². The van der Waals surface area contributed by atoms with Crippen LogP contribution >= 0.6 is 11.6 Å². The van der Waals surface area contributed by atoms with Gasteiger partial charge in [0.15, 0.2) is 6.54 Å². The molecule has 0 aliphatic rings. The lowest BCUT2D eigenvalue weighted by atomic mass is 10.1. The van der Waals surface area contributed by atoms with Crippen LogP contribution < -0.4 is 10.2 Å². The Kier molecular flexibility index (Phi) is 6.29. The third kappa shape index (κ3) is 5.28. The van der Waals surface area contributed by atoms with Crippen molar-refractivity contribution in [2.75, 3.05) is 13.6 Å². The van der Waals surface area contributed by atoms with E-state index in [2.05, 4.69) is 5.32 Å². The Morgan fingerprint density at radius 1 is 1.21 bits per heavy atom. The molecule has 0 saturated heterocycles. The third-order valence-corrected chi connectivity index (χ3v) is 3.94. The lowest BCUT2D eigenvalue weighted by Crippen LogP contribution is -3.08. The monoisotopic (exact) mass is 353 g/mol. The SMILES string of the molecule is C[C@@H](NC(=O)C[NH+](C)Cc1ccc(Cl)cc1)c1ccc(F)cc1F. The number of hydrogen-bond acceptors (Lipinski definition) is 1. The van der Waals surface area contributed by atoms with Gasteiger partial charge in [0, 0.05) is 22.2 Å². The number of rotatable bonds is 6. The van der Waals surface area contributed by atoms with Crippen LogP contribution in [0.5, 0.6) is 0 Å². The number of quaternary nitrogens is 1. The second-order valence-corrected chi connectivity index (χ2v) is 6.33. The third-order valence-electron chi connectivity index (χ3n) is 3.69. The van der Waals surface area contributed by atoms with Crippen molar-refractivity contribution in [2.45, 2.75) is 19.5 Å². The van der Waals surface area contributed by atoms with E-state index >= 15 is 0 Å². The topological polar surface area (TPSA) is 33.5 Å². The molecular weight excluding hydrogens is 334 g/mol. The van der Waals surface area contributed by atoms with Crippen LogP contribution in [0.15, 0.2) is 42.5 Å². The van der Waals surface area contributed by atoms with Crippen LogP contribution in [-0.4, -0.2) is 19.5 Å². The number of halogens is 3. The van der Waals surface area contributed by atoms with E-state index in [4.69, 9.17) is 11.6 Å². The normalized spacial score (nSPS) is 13.4. The maximum absolute atomic E-state index is 13.7. The molecule has 2 aromatic rings. The minimum atomic E-state index is -0.662. The van der Waals surface area contributed by atoms with Crippen LogP contribution in [0.3, 0.4) is 0 Å². The smallest absolute Gasteiger partial charge is 0.275 e. The Morgan fingerprint density at radius 3 is 2.50 bits per heavy atom. The Labute approximate surface area is 145 Å². The van der Waals surface area contributed by atoms with Crippen molar-refractivity contribution in [1.29, 1.82) is 0 Å². The summed E-state index contributed by atoms with van der Waals surface area (Å²) in [6, 6.07) is 10.3. The van der Waals surface area contributed by atoms with Crippen molar-refractivity contribution in [2.24, 2.45) is 0 Å². The Morgan fingerprint density at radius 2 is 1.88 bits per heavy atom. The Hall–Kier alpha value is -1.98. The fourth-order valence-electron chi connectivity index (χ4n) is 2.51.